The van der Waals surface area contributed by atoms with Gasteiger partial charge in [0, 0.05) is 0 Å². The van der Waals surface area contributed by atoms with Gasteiger partial charge >= 0.3 is 12.1 Å². The molecule has 0 radical (unpaired) electrons. The summed E-state index contributed by atoms with van der Waals surface area (Å²) in [5.41, 5.74) is 0.0572. The number of alkyl carbamates (subject to hydrolysis) is 1. The van der Waals surface area contributed by atoms with Crippen molar-refractivity contribution in [1.82, 2.24) is 10.6 Å². The highest BCUT2D eigenvalue weighted by Gasteiger charge is 2.35. The molecular formula is C23H34N2O6. The Balaban J connectivity index is 2.13. The maximum absolute atomic E-state index is 12.8. The van der Waals surface area contributed by atoms with Crippen LogP contribution in [0, 0.1) is 5.92 Å². The molecule has 1 fully saturated rings. The van der Waals surface area contributed by atoms with Gasteiger partial charge in [-0.2, -0.15) is 0 Å². The van der Waals surface area contributed by atoms with Crippen molar-refractivity contribution in [2.45, 2.75) is 83.1 Å². The molecule has 0 aliphatic heterocycles. The molecule has 0 unspecified atom stereocenters. The van der Waals surface area contributed by atoms with E-state index in [0.29, 0.717) is 0 Å². The van der Waals surface area contributed by atoms with Crippen molar-refractivity contribution in [3.63, 3.8) is 0 Å². The van der Waals surface area contributed by atoms with E-state index in [4.69, 9.17) is 4.74 Å². The van der Waals surface area contributed by atoms with Gasteiger partial charge in [-0.3, -0.25) is 4.79 Å². The molecule has 0 aromatic heterocycles. The summed E-state index contributed by atoms with van der Waals surface area (Å²) in [6.45, 7) is 5.14. The molecule has 0 saturated heterocycles. The summed E-state index contributed by atoms with van der Waals surface area (Å²) >= 11 is 0. The highest BCUT2D eigenvalue weighted by Crippen LogP contribution is 2.26. The van der Waals surface area contributed by atoms with Crippen molar-refractivity contribution in [1.29, 1.82) is 0 Å². The van der Waals surface area contributed by atoms with Crippen LogP contribution in [0.2, 0.25) is 0 Å². The van der Waals surface area contributed by atoms with Crippen molar-refractivity contribution in [3.8, 4) is 0 Å². The maximum Gasteiger partial charge on any atom is 0.407 e. The van der Waals surface area contributed by atoms with Crippen molar-refractivity contribution < 1.29 is 29.3 Å². The summed E-state index contributed by atoms with van der Waals surface area (Å²) in [7, 11) is 0. The molecule has 1 aliphatic carbocycles. The SMILES string of the molecule is CC(C)(C)OC(=O)N[C@H](Cc1ccccc1)[C@H](O)C(=O)N[C@H](C(=O)O)C1CCCCC1. The molecular weight excluding hydrogens is 400 g/mol. The predicted molar refractivity (Wildman–Crippen MR) is 115 cm³/mol. The standard InChI is InChI=1S/C23H34N2O6/c1-23(2,3)31-22(30)24-17(14-15-10-6-4-7-11-15)19(26)20(27)25-18(21(28)29)16-12-8-5-9-13-16/h4,6-7,10-11,16-19,26H,5,8-9,12-14H2,1-3H3,(H,24,30)(H,25,27)(H,28,29)/t17-,18+,19+/m1/s1. The number of aliphatic carboxylic acids is 1. The van der Waals surface area contributed by atoms with Crippen LogP contribution in [-0.2, 0) is 20.7 Å². The van der Waals surface area contributed by atoms with E-state index in [2.05, 4.69) is 10.6 Å². The Hall–Kier alpha value is -2.61. The van der Waals surface area contributed by atoms with Gasteiger partial charge in [-0.15, -0.1) is 0 Å². The molecule has 8 heteroatoms. The normalized spacial score (nSPS) is 17.8. The van der Waals surface area contributed by atoms with Gasteiger partial charge in [0.05, 0.1) is 6.04 Å². The minimum atomic E-state index is -1.64. The fourth-order valence-electron chi connectivity index (χ4n) is 3.84. The number of aliphatic hydroxyl groups is 1. The number of ether oxygens (including phenoxy) is 1. The number of carbonyl (C=O) groups is 3. The number of rotatable bonds is 8. The van der Waals surface area contributed by atoms with E-state index in [9.17, 15) is 24.6 Å². The van der Waals surface area contributed by atoms with Crippen LogP contribution in [0.25, 0.3) is 0 Å². The molecule has 8 nitrogen and oxygen atoms in total. The lowest BCUT2D eigenvalue weighted by Gasteiger charge is -2.30. The van der Waals surface area contributed by atoms with Gasteiger partial charge in [0.2, 0.25) is 0 Å². The lowest BCUT2D eigenvalue weighted by molar-refractivity contribution is -0.145. The molecule has 2 rings (SSSR count). The number of carboxylic acid groups (broad SMARTS) is 1. The molecule has 1 aromatic rings. The van der Waals surface area contributed by atoms with E-state index in [1.807, 2.05) is 30.3 Å². The van der Waals surface area contributed by atoms with E-state index < -0.39 is 41.8 Å². The smallest absolute Gasteiger partial charge is 0.407 e. The van der Waals surface area contributed by atoms with Crippen LogP contribution in [0.5, 0.6) is 0 Å². The monoisotopic (exact) mass is 434 g/mol. The molecule has 2 amide bonds. The zero-order valence-corrected chi connectivity index (χ0v) is 18.5. The molecule has 0 spiro atoms. The number of hydrogen-bond donors (Lipinski definition) is 4. The van der Waals surface area contributed by atoms with E-state index in [1.165, 1.54) is 0 Å². The molecule has 4 N–H and O–H groups in total. The zero-order chi connectivity index (χ0) is 23.0. The highest BCUT2D eigenvalue weighted by molar-refractivity contribution is 5.87. The van der Waals surface area contributed by atoms with Gasteiger partial charge in [0.15, 0.2) is 6.10 Å². The number of carboxylic acids is 1. The van der Waals surface area contributed by atoms with Gasteiger partial charge in [-0.05, 0) is 51.5 Å². The van der Waals surface area contributed by atoms with Gasteiger partial charge in [0.1, 0.15) is 11.6 Å². The Morgan fingerprint density at radius 1 is 1.06 bits per heavy atom. The third kappa shape index (κ3) is 8.20. The van der Waals surface area contributed by atoms with Crippen molar-refractivity contribution in [2.75, 3.05) is 0 Å². The molecule has 1 aromatic carbocycles. The first kappa shape index (κ1) is 24.7. The van der Waals surface area contributed by atoms with Gasteiger partial charge in [0.25, 0.3) is 5.91 Å². The van der Waals surface area contributed by atoms with E-state index in [1.54, 1.807) is 20.8 Å². The van der Waals surface area contributed by atoms with Crippen LogP contribution in [0.3, 0.4) is 0 Å². The fraction of sp³-hybridized carbons (Fsp3) is 0.609. The number of nitrogens with one attached hydrogen (secondary N) is 2. The first-order valence-electron chi connectivity index (χ1n) is 10.8. The average molecular weight is 435 g/mol. The first-order valence-corrected chi connectivity index (χ1v) is 10.8. The topological polar surface area (TPSA) is 125 Å². The summed E-state index contributed by atoms with van der Waals surface area (Å²) in [6.07, 6.45) is 2.11. The van der Waals surface area contributed by atoms with Gasteiger partial charge in [-0.1, -0.05) is 49.6 Å². The Labute approximate surface area is 183 Å². The van der Waals surface area contributed by atoms with Crippen LogP contribution >= 0.6 is 0 Å². The fourth-order valence-corrected chi connectivity index (χ4v) is 3.84. The second kappa shape index (κ2) is 11.1. The third-order valence-electron chi connectivity index (χ3n) is 5.34. The summed E-state index contributed by atoms with van der Waals surface area (Å²) in [6, 6.07) is 7.04. The number of carbonyl (C=O) groups excluding carboxylic acids is 2. The zero-order valence-electron chi connectivity index (χ0n) is 18.5. The second-order valence-corrected chi connectivity index (χ2v) is 9.11. The summed E-state index contributed by atoms with van der Waals surface area (Å²) in [5, 5.41) is 25.4. The van der Waals surface area contributed by atoms with E-state index in [0.717, 1.165) is 37.7 Å². The minimum Gasteiger partial charge on any atom is -0.480 e. The molecule has 0 bridgehead atoms. The Kier molecular flexibility index (Phi) is 8.86. The van der Waals surface area contributed by atoms with Crippen molar-refractivity contribution in [2.24, 2.45) is 5.92 Å². The molecule has 172 valence electrons. The minimum absolute atomic E-state index is 0.172. The summed E-state index contributed by atoms with van der Waals surface area (Å²) in [4.78, 5) is 36.8. The van der Waals surface area contributed by atoms with Crippen LogP contribution in [-0.4, -0.2) is 52.0 Å². The van der Waals surface area contributed by atoms with E-state index in [-0.39, 0.29) is 12.3 Å². The number of hydrogen-bond acceptors (Lipinski definition) is 5. The average Bonchev–Trinajstić information content (AvgIpc) is 2.70. The Bertz CT molecular complexity index is 740. The first-order chi connectivity index (χ1) is 14.6. The Morgan fingerprint density at radius 2 is 1.68 bits per heavy atom. The quantitative estimate of drug-likeness (QED) is 0.498. The maximum atomic E-state index is 12.8. The summed E-state index contributed by atoms with van der Waals surface area (Å²) in [5.74, 6) is -2.11. The third-order valence-corrected chi connectivity index (χ3v) is 5.34. The number of amides is 2. The molecule has 3 atom stereocenters. The largest absolute Gasteiger partial charge is 0.480 e. The number of aliphatic hydroxyl groups excluding tert-OH is 1. The molecule has 0 heterocycles. The molecule has 1 saturated carbocycles. The van der Waals surface area contributed by atoms with Crippen LogP contribution in [0.1, 0.15) is 58.4 Å². The Morgan fingerprint density at radius 3 is 2.23 bits per heavy atom. The lowest BCUT2D eigenvalue weighted by Crippen LogP contribution is -2.56. The van der Waals surface area contributed by atoms with Crippen molar-refractivity contribution in [3.05, 3.63) is 35.9 Å². The molecule has 31 heavy (non-hydrogen) atoms. The van der Waals surface area contributed by atoms with Gasteiger partial charge < -0.3 is 25.6 Å². The highest BCUT2D eigenvalue weighted by atomic mass is 16.6. The van der Waals surface area contributed by atoms with Gasteiger partial charge in [-0.25, -0.2) is 9.59 Å². The van der Waals surface area contributed by atoms with Crippen LogP contribution < -0.4 is 10.6 Å². The van der Waals surface area contributed by atoms with Crippen LogP contribution in [0.4, 0.5) is 4.79 Å². The molecule has 1 aliphatic rings. The second-order valence-electron chi connectivity index (χ2n) is 9.11. The predicted octanol–water partition coefficient (Wildman–Crippen LogP) is 2.63. The lowest BCUT2D eigenvalue weighted by atomic mass is 9.83. The van der Waals surface area contributed by atoms with Crippen LogP contribution in [0.15, 0.2) is 30.3 Å². The summed E-state index contributed by atoms with van der Waals surface area (Å²) < 4.78 is 5.26. The number of benzene rings is 1. The van der Waals surface area contributed by atoms with Crippen molar-refractivity contribution >= 4 is 18.0 Å². The van der Waals surface area contributed by atoms with E-state index >= 15 is 0 Å².